The molecule has 0 spiro atoms. The summed E-state index contributed by atoms with van der Waals surface area (Å²) in [6.45, 7) is 6.35. The van der Waals surface area contributed by atoms with Crippen LogP contribution in [0, 0.1) is 0 Å². The lowest BCUT2D eigenvalue weighted by atomic mass is 9.73. The number of fused-ring (bicyclic) bond motifs is 4. The van der Waals surface area contributed by atoms with Gasteiger partial charge in [0.15, 0.2) is 0 Å². The Morgan fingerprint density at radius 1 is 1.20 bits per heavy atom. The predicted octanol–water partition coefficient (Wildman–Crippen LogP) is 1.30. The van der Waals surface area contributed by atoms with E-state index in [0.717, 1.165) is 12.0 Å². The van der Waals surface area contributed by atoms with E-state index in [2.05, 4.69) is 46.4 Å². The minimum atomic E-state index is 0.636. The SMILES string of the molecule is CNC(CC1Cc2ccccc21)C1CN2CCN1CC2. The zero-order valence-corrected chi connectivity index (χ0v) is 12.4. The van der Waals surface area contributed by atoms with Crippen LogP contribution in [-0.2, 0) is 6.42 Å². The first-order valence-electron chi connectivity index (χ1n) is 8.06. The molecule has 3 aliphatic heterocycles. The zero-order chi connectivity index (χ0) is 13.5. The maximum Gasteiger partial charge on any atom is 0.0377 e. The summed E-state index contributed by atoms with van der Waals surface area (Å²) in [7, 11) is 2.15. The van der Waals surface area contributed by atoms with Gasteiger partial charge in [-0.3, -0.25) is 9.80 Å². The third-order valence-electron chi connectivity index (χ3n) is 5.66. The van der Waals surface area contributed by atoms with E-state index in [1.807, 2.05) is 0 Å². The summed E-state index contributed by atoms with van der Waals surface area (Å²) < 4.78 is 0. The van der Waals surface area contributed by atoms with E-state index < -0.39 is 0 Å². The molecule has 108 valence electrons. The molecule has 3 heterocycles. The van der Waals surface area contributed by atoms with Crippen molar-refractivity contribution < 1.29 is 0 Å². The molecule has 3 fully saturated rings. The largest absolute Gasteiger partial charge is 0.315 e. The average Bonchev–Trinajstić information content (AvgIpc) is 2.50. The van der Waals surface area contributed by atoms with Crippen LogP contribution in [0.25, 0.3) is 0 Å². The fraction of sp³-hybridized carbons (Fsp3) is 0.647. The standard InChI is InChI=1S/C17H25N3/c1-18-16(17-12-19-6-8-20(17)9-7-19)11-14-10-13-4-2-3-5-15(13)14/h2-5,14,16-18H,6-12H2,1H3. The minimum Gasteiger partial charge on any atom is -0.315 e. The lowest BCUT2D eigenvalue weighted by Gasteiger charge is -2.51. The van der Waals surface area contributed by atoms with Crippen LogP contribution in [0.15, 0.2) is 24.3 Å². The van der Waals surface area contributed by atoms with E-state index >= 15 is 0 Å². The van der Waals surface area contributed by atoms with Gasteiger partial charge in [-0.1, -0.05) is 24.3 Å². The molecule has 0 saturated carbocycles. The molecule has 3 saturated heterocycles. The van der Waals surface area contributed by atoms with Gasteiger partial charge in [0.2, 0.25) is 0 Å². The molecule has 0 radical (unpaired) electrons. The summed E-state index contributed by atoms with van der Waals surface area (Å²) in [6.07, 6.45) is 2.58. The summed E-state index contributed by atoms with van der Waals surface area (Å²) >= 11 is 0. The molecule has 3 heteroatoms. The van der Waals surface area contributed by atoms with Gasteiger partial charge in [-0.05, 0) is 36.9 Å². The summed E-state index contributed by atoms with van der Waals surface area (Å²) in [6, 6.07) is 10.3. The highest BCUT2D eigenvalue weighted by Crippen LogP contribution is 2.39. The van der Waals surface area contributed by atoms with E-state index in [9.17, 15) is 0 Å². The second-order valence-electron chi connectivity index (χ2n) is 6.63. The van der Waals surface area contributed by atoms with Gasteiger partial charge in [0.1, 0.15) is 0 Å². The van der Waals surface area contributed by atoms with Gasteiger partial charge in [-0.15, -0.1) is 0 Å². The van der Waals surface area contributed by atoms with Gasteiger partial charge < -0.3 is 5.32 Å². The maximum absolute atomic E-state index is 3.62. The van der Waals surface area contributed by atoms with E-state index in [-0.39, 0.29) is 0 Å². The molecule has 1 aromatic rings. The Bertz CT molecular complexity index is 479. The molecule has 1 N–H and O–H groups in total. The van der Waals surface area contributed by atoms with Crippen LogP contribution >= 0.6 is 0 Å². The van der Waals surface area contributed by atoms with Crippen molar-refractivity contribution in [1.82, 2.24) is 15.1 Å². The van der Waals surface area contributed by atoms with Gasteiger partial charge in [0.05, 0.1) is 0 Å². The van der Waals surface area contributed by atoms with E-state index in [1.165, 1.54) is 45.6 Å². The molecule has 20 heavy (non-hydrogen) atoms. The van der Waals surface area contributed by atoms with Crippen LogP contribution in [0.1, 0.15) is 23.5 Å². The number of hydrogen-bond donors (Lipinski definition) is 1. The number of nitrogens with one attached hydrogen (secondary N) is 1. The molecule has 5 rings (SSSR count). The quantitative estimate of drug-likeness (QED) is 0.890. The maximum atomic E-state index is 3.62. The van der Waals surface area contributed by atoms with Crippen LogP contribution < -0.4 is 5.32 Å². The van der Waals surface area contributed by atoms with Crippen LogP contribution in [0.5, 0.6) is 0 Å². The number of rotatable bonds is 4. The Morgan fingerprint density at radius 3 is 2.65 bits per heavy atom. The van der Waals surface area contributed by atoms with Crippen molar-refractivity contribution in [1.29, 1.82) is 0 Å². The van der Waals surface area contributed by atoms with Crippen molar-refractivity contribution in [3.63, 3.8) is 0 Å². The zero-order valence-electron chi connectivity index (χ0n) is 12.4. The molecule has 1 aromatic carbocycles. The Kier molecular flexibility index (Phi) is 3.29. The van der Waals surface area contributed by atoms with Crippen molar-refractivity contribution in [3.8, 4) is 0 Å². The topological polar surface area (TPSA) is 18.5 Å². The number of hydrogen-bond acceptors (Lipinski definition) is 3. The number of piperazine rings is 3. The number of benzene rings is 1. The van der Waals surface area contributed by atoms with Crippen LogP contribution in [0.4, 0.5) is 0 Å². The molecular weight excluding hydrogens is 246 g/mol. The Hall–Kier alpha value is -0.900. The lowest BCUT2D eigenvalue weighted by molar-refractivity contribution is -0.00466. The van der Waals surface area contributed by atoms with E-state index in [4.69, 9.17) is 0 Å². The Morgan fingerprint density at radius 2 is 2.00 bits per heavy atom. The van der Waals surface area contributed by atoms with Gasteiger partial charge in [-0.25, -0.2) is 0 Å². The fourth-order valence-electron chi connectivity index (χ4n) is 4.39. The smallest absolute Gasteiger partial charge is 0.0377 e. The summed E-state index contributed by atoms with van der Waals surface area (Å²) in [5.41, 5.74) is 3.17. The summed E-state index contributed by atoms with van der Waals surface area (Å²) in [4.78, 5) is 5.36. The molecule has 1 aliphatic carbocycles. The third-order valence-corrected chi connectivity index (χ3v) is 5.66. The number of likely N-dealkylation sites (N-methyl/N-ethyl adjacent to an activating group) is 1. The van der Waals surface area contributed by atoms with Crippen molar-refractivity contribution >= 4 is 0 Å². The van der Waals surface area contributed by atoms with Crippen molar-refractivity contribution in [2.75, 3.05) is 39.8 Å². The van der Waals surface area contributed by atoms with Gasteiger partial charge in [-0.2, -0.15) is 0 Å². The number of nitrogens with zero attached hydrogens (tertiary/aromatic N) is 2. The van der Waals surface area contributed by atoms with Crippen molar-refractivity contribution in [3.05, 3.63) is 35.4 Å². The summed E-state index contributed by atoms with van der Waals surface area (Å²) in [5.74, 6) is 0.778. The second-order valence-corrected chi connectivity index (χ2v) is 6.63. The van der Waals surface area contributed by atoms with Crippen molar-refractivity contribution in [2.45, 2.75) is 30.8 Å². The average molecular weight is 271 g/mol. The highest BCUT2D eigenvalue weighted by Gasteiger charge is 2.38. The van der Waals surface area contributed by atoms with Crippen LogP contribution in [-0.4, -0.2) is 61.7 Å². The Labute approximate surface area is 121 Å². The fourth-order valence-corrected chi connectivity index (χ4v) is 4.39. The highest BCUT2D eigenvalue weighted by atomic mass is 15.4. The van der Waals surface area contributed by atoms with Gasteiger partial charge in [0.25, 0.3) is 0 Å². The molecule has 2 bridgehead atoms. The summed E-state index contributed by atoms with van der Waals surface area (Å²) in [5, 5.41) is 3.62. The monoisotopic (exact) mass is 271 g/mol. The van der Waals surface area contributed by atoms with Crippen LogP contribution in [0.2, 0.25) is 0 Å². The van der Waals surface area contributed by atoms with Crippen LogP contribution in [0.3, 0.4) is 0 Å². The molecule has 4 aliphatic rings. The van der Waals surface area contributed by atoms with Gasteiger partial charge >= 0.3 is 0 Å². The molecule has 0 amide bonds. The van der Waals surface area contributed by atoms with E-state index in [1.54, 1.807) is 11.1 Å². The van der Waals surface area contributed by atoms with Gasteiger partial charge in [0, 0.05) is 44.8 Å². The normalized spacial score (nSPS) is 36.2. The van der Waals surface area contributed by atoms with Crippen molar-refractivity contribution in [2.24, 2.45) is 0 Å². The predicted molar refractivity (Wildman–Crippen MR) is 82.2 cm³/mol. The first-order chi connectivity index (χ1) is 9.85. The third kappa shape index (κ3) is 2.09. The first-order valence-corrected chi connectivity index (χ1v) is 8.06. The first kappa shape index (κ1) is 12.8. The molecule has 0 aromatic heterocycles. The molecule has 3 atom stereocenters. The minimum absolute atomic E-state index is 0.636. The molecular formula is C17H25N3. The highest BCUT2D eigenvalue weighted by molar-refractivity contribution is 5.40. The second kappa shape index (κ2) is 5.14. The molecule has 3 nitrogen and oxygen atoms in total. The Balaban J connectivity index is 1.45. The van der Waals surface area contributed by atoms with E-state index in [0.29, 0.717) is 6.04 Å². The molecule has 3 unspecified atom stereocenters. The lowest BCUT2D eigenvalue weighted by Crippen LogP contribution is -2.66.